The minimum absolute atomic E-state index is 0.771. The second-order valence-electron chi connectivity index (χ2n) is 6.47. The molecule has 0 spiro atoms. The molecule has 11 N–H and O–H groups in total. The van der Waals surface area contributed by atoms with Crippen molar-refractivity contribution in [3.8, 4) is 0 Å². The average Bonchev–Trinajstić information content (AvgIpc) is 2.72. The highest BCUT2D eigenvalue weighted by molar-refractivity contribution is 5.96. The van der Waals surface area contributed by atoms with E-state index in [2.05, 4.69) is 0 Å². The smallest absolute Gasteiger partial charge is 0.326 e. The molecule has 0 aromatic carbocycles. The minimum Gasteiger partial charge on any atom is -0.481 e. The molecular weight excluding hydrogens is 454 g/mol. The Morgan fingerprint density at radius 3 is 1.64 bits per heavy atom. The van der Waals surface area contributed by atoms with Crippen molar-refractivity contribution in [2.24, 2.45) is 5.73 Å². The van der Waals surface area contributed by atoms with Gasteiger partial charge in [0.2, 0.25) is 23.6 Å². The number of aliphatic hydroxyl groups excluding tert-OH is 2. The Hall–Kier alpha value is -3.83. The third-order valence-corrected chi connectivity index (χ3v) is 3.80. The maximum Gasteiger partial charge on any atom is 0.326 e. The maximum atomic E-state index is 12.2. The van der Waals surface area contributed by atoms with Crippen LogP contribution in [0.25, 0.3) is 0 Å². The lowest BCUT2D eigenvalue weighted by Crippen LogP contribution is -2.58. The van der Waals surface area contributed by atoms with E-state index < -0.39 is 98.3 Å². The van der Waals surface area contributed by atoms with Gasteiger partial charge in [0, 0.05) is 0 Å². The molecule has 0 fully saturated rings. The van der Waals surface area contributed by atoms with Crippen molar-refractivity contribution < 1.29 is 59.1 Å². The second kappa shape index (κ2) is 14.3. The summed E-state index contributed by atoms with van der Waals surface area (Å²) in [4.78, 5) is 80.4. The molecule has 0 radical (unpaired) electrons. The van der Waals surface area contributed by atoms with Gasteiger partial charge in [-0.2, -0.15) is 0 Å². The molecule has 0 bridgehead atoms. The predicted molar refractivity (Wildman–Crippen MR) is 103 cm³/mol. The van der Waals surface area contributed by atoms with E-state index in [1.54, 1.807) is 0 Å². The number of carboxylic acid groups (broad SMARTS) is 3. The molecule has 186 valence electrons. The Kier molecular flexibility index (Phi) is 12.6. The van der Waals surface area contributed by atoms with Crippen molar-refractivity contribution >= 4 is 41.5 Å². The standard InChI is InChI=1S/C16H25N5O12/c17-6(4-22)13(29)21-9(5-23)15(31)20-7(1-11(25)26)14(30)18-3-10(24)19-8(16(32)33)2-12(27)28/h6-9,22-23H,1-5,17H2,(H,18,30)(H,19,24)(H,20,31)(H,21,29)(H,25,26)(H,27,28)(H,32,33)/t6-,7-,8-,9-/m0/s1. The summed E-state index contributed by atoms with van der Waals surface area (Å²) in [6.07, 6.45) is -1.92. The third kappa shape index (κ3) is 11.4. The summed E-state index contributed by atoms with van der Waals surface area (Å²) >= 11 is 0. The van der Waals surface area contributed by atoms with Crippen molar-refractivity contribution in [2.45, 2.75) is 37.0 Å². The zero-order chi connectivity index (χ0) is 25.7. The quantitative estimate of drug-likeness (QED) is 0.105. The van der Waals surface area contributed by atoms with Gasteiger partial charge in [0.15, 0.2) is 0 Å². The molecular formula is C16H25N5O12. The van der Waals surface area contributed by atoms with E-state index in [9.17, 15) is 38.7 Å². The summed E-state index contributed by atoms with van der Waals surface area (Å²) in [5.41, 5.74) is 5.26. The molecule has 0 heterocycles. The number of rotatable bonds is 15. The van der Waals surface area contributed by atoms with Crippen LogP contribution in [-0.4, -0.2) is 111 Å². The number of hydrogen-bond acceptors (Lipinski definition) is 10. The molecule has 17 heteroatoms. The number of aliphatic hydroxyl groups is 2. The van der Waals surface area contributed by atoms with Crippen LogP contribution < -0.4 is 27.0 Å². The van der Waals surface area contributed by atoms with Gasteiger partial charge in [-0.3, -0.25) is 28.8 Å². The van der Waals surface area contributed by atoms with Gasteiger partial charge in [0.05, 0.1) is 32.6 Å². The summed E-state index contributed by atoms with van der Waals surface area (Å²) < 4.78 is 0. The first kappa shape index (κ1) is 29.2. The molecule has 0 saturated heterocycles. The molecule has 0 unspecified atom stereocenters. The van der Waals surface area contributed by atoms with Crippen LogP contribution >= 0.6 is 0 Å². The summed E-state index contributed by atoms with van der Waals surface area (Å²) in [6.45, 7) is -2.63. The number of carboxylic acids is 3. The summed E-state index contributed by atoms with van der Waals surface area (Å²) in [5, 5.41) is 52.2. The molecule has 4 amide bonds. The SMILES string of the molecule is N[C@@H](CO)C(=O)N[C@@H](CO)C(=O)N[C@@H](CC(=O)O)C(=O)NCC(=O)N[C@@H](CC(=O)O)C(=O)O. The van der Waals surface area contributed by atoms with Crippen molar-refractivity contribution in [1.29, 1.82) is 0 Å². The van der Waals surface area contributed by atoms with Crippen LogP contribution in [0, 0.1) is 0 Å². The Labute approximate surface area is 185 Å². The van der Waals surface area contributed by atoms with Gasteiger partial charge in [0.1, 0.15) is 24.2 Å². The zero-order valence-electron chi connectivity index (χ0n) is 17.0. The molecule has 0 rings (SSSR count). The lowest BCUT2D eigenvalue weighted by molar-refractivity contribution is -0.147. The number of nitrogens with one attached hydrogen (secondary N) is 4. The van der Waals surface area contributed by atoms with Gasteiger partial charge < -0.3 is 52.5 Å². The fourth-order valence-corrected chi connectivity index (χ4v) is 2.12. The number of carbonyl (C=O) groups excluding carboxylic acids is 4. The van der Waals surface area contributed by atoms with Gasteiger partial charge in [0.25, 0.3) is 0 Å². The molecule has 0 saturated carbocycles. The normalized spacial score (nSPS) is 14.0. The first-order valence-electron chi connectivity index (χ1n) is 9.13. The highest BCUT2D eigenvalue weighted by Crippen LogP contribution is 1.97. The highest BCUT2D eigenvalue weighted by atomic mass is 16.4. The molecule has 0 aliphatic carbocycles. The van der Waals surface area contributed by atoms with Crippen molar-refractivity contribution in [2.75, 3.05) is 19.8 Å². The van der Waals surface area contributed by atoms with Crippen LogP contribution in [0.15, 0.2) is 0 Å². The predicted octanol–water partition coefficient (Wildman–Crippen LogP) is -6.10. The largest absolute Gasteiger partial charge is 0.481 e. The lowest BCUT2D eigenvalue weighted by atomic mass is 10.1. The lowest BCUT2D eigenvalue weighted by Gasteiger charge is -2.22. The number of amides is 4. The highest BCUT2D eigenvalue weighted by Gasteiger charge is 2.30. The number of carbonyl (C=O) groups is 7. The van der Waals surface area contributed by atoms with Crippen LogP contribution in [0.2, 0.25) is 0 Å². The minimum atomic E-state index is -1.79. The molecule has 0 aliphatic heterocycles. The van der Waals surface area contributed by atoms with E-state index in [0.717, 1.165) is 0 Å². The number of aliphatic carboxylic acids is 3. The van der Waals surface area contributed by atoms with Crippen LogP contribution in [0.3, 0.4) is 0 Å². The molecule has 33 heavy (non-hydrogen) atoms. The van der Waals surface area contributed by atoms with E-state index in [1.807, 2.05) is 21.3 Å². The monoisotopic (exact) mass is 479 g/mol. The fraction of sp³-hybridized carbons (Fsp3) is 0.562. The Morgan fingerprint density at radius 1 is 0.667 bits per heavy atom. The molecule has 0 aromatic heterocycles. The van der Waals surface area contributed by atoms with Gasteiger partial charge >= 0.3 is 17.9 Å². The first-order valence-corrected chi connectivity index (χ1v) is 9.13. The van der Waals surface area contributed by atoms with Gasteiger partial charge in [-0.1, -0.05) is 0 Å². The van der Waals surface area contributed by atoms with E-state index in [0.29, 0.717) is 0 Å². The summed E-state index contributed by atoms with van der Waals surface area (Å²) in [6, 6.07) is -6.65. The summed E-state index contributed by atoms with van der Waals surface area (Å²) in [7, 11) is 0. The van der Waals surface area contributed by atoms with E-state index in [-0.39, 0.29) is 0 Å². The van der Waals surface area contributed by atoms with Crippen LogP contribution in [0.5, 0.6) is 0 Å². The van der Waals surface area contributed by atoms with Crippen molar-refractivity contribution in [1.82, 2.24) is 21.3 Å². The zero-order valence-corrected chi connectivity index (χ0v) is 17.0. The van der Waals surface area contributed by atoms with Crippen molar-refractivity contribution in [3.05, 3.63) is 0 Å². The molecule has 0 aliphatic rings. The van der Waals surface area contributed by atoms with Crippen LogP contribution in [-0.2, 0) is 33.6 Å². The van der Waals surface area contributed by atoms with Gasteiger partial charge in [-0.25, -0.2) is 4.79 Å². The Morgan fingerprint density at radius 2 is 1.18 bits per heavy atom. The third-order valence-electron chi connectivity index (χ3n) is 3.80. The van der Waals surface area contributed by atoms with Crippen LogP contribution in [0.4, 0.5) is 0 Å². The van der Waals surface area contributed by atoms with Crippen molar-refractivity contribution in [3.63, 3.8) is 0 Å². The first-order chi connectivity index (χ1) is 15.3. The molecule has 17 nitrogen and oxygen atoms in total. The topological polar surface area (TPSA) is 295 Å². The fourth-order valence-electron chi connectivity index (χ4n) is 2.12. The van der Waals surface area contributed by atoms with Gasteiger partial charge in [-0.15, -0.1) is 0 Å². The average molecular weight is 479 g/mol. The summed E-state index contributed by atoms with van der Waals surface area (Å²) in [5.74, 6) is -9.21. The van der Waals surface area contributed by atoms with E-state index in [4.69, 9.17) is 26.2 Å². The molecule has 4 atom stereocenters. The number of nitrogens with two attached hydrogens (primary N) is 1. The maximum absolute atomic E-state index is 12.2. The van der Waals surface area contributed by atoms with Crippen LogP contribution in [0.1, 0.15) is 12.8 Å². The number of hydrogen-bond donors (Lipinski definition) is 10. The molecule has 0 aromatic rings. The Bertz CT molecular complexity index is 773. The van der Waals surface area contributed by atoms with E-state index >= 15 is 0 Å². The Balaban J connectivity index is 5.10. The van der Waals surface area contributed by atoms with E-state index in [1.165, 1.54) is 0 Å². The second-order valence-corrected chi connectivity index (χ2v) is 6.47. The van der Waals surface area contributed by atoms with Gasteiger partial charge in [-0.05, 0) is 0 Å².